The maximum atomic E-state index is 12.6. The van der Waals surface area contributed by atoms with Crippen molar-refractivity contribution in [3.63, 3.8) is 0 Å². The number of thioether (sulfide) groups is 1. The second kappa shape index (κ2) is 9.82. The minimum Gasteiger partial charge on any atom is -0.350 e. The summed E-state index contributed by atoms with van der Waals surface area (Å²) in [4.78, 5) is 52.5. The SMILES string of the molecule is O=C(NCCN1C(=O)SC(=Cc2ccccc2)C1=O)c1cccc(CN2CCCC2=O)c1. The lowest BCUT2D eigenvalue weighted by Crippen LogP contribution is -2.37. The zero-order chi connectivity index (χ0) is 22.5. The van der Waals surface area contributed by atoms with Gasteiger partial charge in [-0.3, -0.25) is 24.1 Å². The molecule has 4 rings (SSSR count). The first kappa shape index (κ1) is 21.8. The minimum absolute atomic E-state index is 0.102. The van der Waals surface area contributed by atoms with E-state index < -0.39 is 0 Å². The third kappa shape index (κ3) is 5.08. The molecule has 0 saturated carbocycles. The van der Waals surface area contributed by atoms with Gasteiger partial charge in [-0.25, -0.2) is 0 Å². The summed E-state index contributed by atoms with van der Waals surface area (Å²) < 4.78 is 0. The van der Waals surface area contributed by atoms with Crippen LogP contribution in [0.1, 0.15) is 34.3 Å². The second-order valence-corrected chi connectivity index (χ2v) is 8.61. The van der Waals surface area contributed by atoms with Crippen molar-refractivity contribution < 1.29 is 19.2 Å². The molecular weight excluding hydrogens is 426 g/mol. The maximum Gasteiger partial charge on any atom is 0.293 e. The predicted octanol–water partition coefficient (Wildman–Crippen LogP) is 3.28. The average molecular weight is 450 g/mol. The monoisotopic (exact) mass is 449 g/mol. The lowest BCUT2D eigenvalue weighted by Gasteiger charge is -2.16. The van der Waals surface area contributed by atoms with Crippen LogP contribution < -0.4 is 5.32 Å². The van der Waals surface area contributed by atoms with Gasteiger partial charge in [0.05, 0.1) is 4.91 Å². The van der Waals surface area contributed by atoms with Crippen molar-refractivity contribution in [2.45, 2.75) is 19.4 Å². The maximum absolute atomic E-state index is 12.6. The molecule has 0 spiro atoms. The van der Waals surface area contributed by atoms with Crippen molar-refractivity contribution in [1.29, 1.82) is 0 Å². The lowest BCUT2D eigenvalue weighted by atomic mass is 10.1. The largest absolute Gasteiger partial charge is 0.350 e. The lowest BCUT2D eigenvalue weighted by molar-refractivity contribution is -0.128. The quantitative estimate of drug-likeness (QED) is 0.656. The Balaban J connectivity index is 1.31. The Bertz CT molecular complexity index is 1080. The normalized spacial score (nSPS) is 17.5. The molecule has 7 nitrogen and oxygen atoms in total. The molecule has 4 amide bonds. The first-order valence-electron chi connectivity index (χ1n) is 10.5. The molecular formula is C24H23N3O4S. The molecule has 2 saturated heterocycles. The highest BCUT2D eigenvalue weighted by Crippen LogP contribution is 2.31. The summed E-state index contributed by atoms with van der Waals surface area (Å²) in [6.07, 6.45) is 3.14. The van der Waals surface area contributed by atoms with Crippen LogP contribution in [-0.4, -0.2) is 52.4 Å². The molecule has 0 radical (unpaired) electrons. The summed E-state index contributed by atoms with van der Waals surface area (Å²) >= 11 is 0.903. The first-order chi connectivity index (χ1) is 15.5. The fraction of sp³-hybridized carbons (Fsp3) is 0.250. The fourth-order valence-corrected chi connectivity index (χ4v) is 4.54. The van der Waals surface area contributed by atoms with Crippen LogP contribution in [0.5, 0.6) is 0 Å². The van der Waals surface area contributed by atoms with E-state index in [-0.39, 0.29) is 36.1 Å². The van der Waals surface area contributed by atoms with Crippen LogP contribution in [-0.2, 0) is 16.1 Å². The van der Waals surface area contributed by atoms with Gasteiger partial charge in [0, 0.05) is 38.2 Å². The van der Waals surface area contributed by atoms with Gasteiger partial charge in [0.2, 0.25) is 5.91 Å². The number of benzene rings is 2. The summed E-state index contributed by atoms with van der Waals surface area (Å²) in [5.41, 5.74) is 2.22. The number of nitrogens with zero attached hydrogens (tertiary/aromatic N) is 2. The molecule has 2 aromatic carbocycles. The Kier molecular flexibility index (Phi) is 6.70. The summed E-state index contributed by atoms with van der Waals surface area (Å²) in [6, 6.07) is 16.5. The number of carbonyl (C=O) groups is 4. The molecule has 164 valence electrons. The van der Waals surface area contributed by atoms with Crippen molar-refractivity contribution in [3.8, 4) is 0 Å². The number of imide groups is 1. The highest BCUT2D eigenvalue weighted by Gasteiger charge is 2.34. The van der Waals surface area contributed by atoms with Crippen molar-refractivity contribution >= 4 is 40.8 Å². The van der Waals surface area contributed by atoms with Crippen LogP contribution in [0.3, 0.4) is 0 Å². The van der Waals surface area contributed by atoms with E-state index in [9.17, 15) is 19.2 Å². The van der Waals surface area contributed by atoms with Gasteiger partial charge >= 0.3 is 0 Å². The van der Waals surface area contributed by atoms with Crippen LogP contribution >= 0.6 is 11.8 Å². The molecule has 0 unspecified atom stereocenters. The molecule has 2 aliphatic heterocycles. The zero-order valence-electron chi connectivity index (χ0n) is 17.5. The Morgan fingerprint density at radius 1 is 1.06 bits per heavy atom. The molecule has 0 bridgehead atoms. The Labute approximate surface area is 190 Å². The second-order valence-electron chi connectivity index (χ2n) is 7.62. The third-order valence-corrected chi connectivity index (χ3v) is 6.23. The van der Waals surface area contributed by atoms with E-state index in [1.807, 2.05) is 36.4 Å². The van der Waals surface area contributed by atoms with Crippen LogP contribution in [0, 0.1) is 0 Å². The number of rotatable bonds is 7. The number of carbonyl (C=O) groups excluding carboxylic acids is 4. The van der Waals surface area contributed by atoms with Gasteiger partial charge in [-0.15, -0.1) is 0 Å². The molecule has 2 heterocycles. The van der Waals surface area contributed by atoms with Crippen molar-refractivity contribution in [2.75, 3.05) is 19.6 Å². The zero-order valence-corrected chi connectivity index (χ0v) is 18.3. The third-order valence-electron chi connectivity index (χ3n) is 5.33. The van der Waals surface area contributed by atoms with E-state index in [1.165, 1.54) is 0 Å². The standard InChI is InChI=1S/C24H23N3O4S/c28-21-10-5-12-26(21)16-18-8-4-9-19(14-18)22(29)25-11-13-27-23(30)20(32-24(27)31)15-17-6-2-1-3-7-17/h1-4,6-9,14-15H,5,10-13,16H2,(H,25,29). The number of hydrogen-bond acceptors (Lipinski definition) is 5. The first-order valence-corrected chi connectivity index (χ1v) is 11.3. The molecule has 2 aliphatic rings. The minimum atomic E-state index is -0.352. The fourth-order valence-electron chi connectivity index (χ4n) is 3.68. The molecule has 1 N–H and O–H groups in total. The molecule has 2 fully saturated rings. The van der Waals surface area contributed by atoms with Gasteiger partial charge in [0.15, 0.2) is 0 Å². The van der Waals surface area contributed by atoms with Gasteiger partial charge in [0.1, 0.15) is 0 Å². The van der Waals surface area contributed by atoms with Crippen molar-refractivity contribution in [1.82, 2.24) is 15.1 Å². The summed E-state index contributed by atoms with van der Waals surface area (Å²) in [5.74, 6) is -0.500. The summed E-state index contributed by atoms with van der Waals surface area (Å²) in [5, 5.41) is 2.42. The van der Waals surface area contributed by atoms with E-state index in [4.69, 9.17) is 0 Å². The Morgan fingerprint density at radius 3 is 2.62 bits per heavy atom. The highest BCUT2D eigenvalue weighted by atomic mass is 32.2. The average Bonchev–Trinajstić information content (AvgIpc) is 3.31. The Hall–Kier alpha value is -3.39. The molecule has 32 heavy (non-hydrogen) atoms. The summed E-state index contributed by atoms with van der Waals surface area (Å²) in [6.45, 7) is 1.49. The molecule has 0 atom stereocenters. The number of hydrogen-bond donors (Lipinski definition) is 1. The Morgan fingerprint density at radius 2 is 1.88 bits per heavy atom. The highest BCUT2D eigenvalue weighted by molar-refractivity contribution is 8.18. The van der Waals surface area contributed by atoms with Crippen LogP contribution in [0.15, 0.2) is 59.5 Å². The van der Waals surface area contributed by atoms with E-state index in [1.54, 1.807) is 29.2 Å². The molecule has 8 heteroatoms. The van der Waals surface area contributed by atoms with Gasteiger partial charge in [-0.1, -0.05) is 42.5 Å². The smallest absolute Gasteiger partial charge is 0.293 e. The number of likely N-dealkylation sites (tertiary alicyclic amines) is 1. The van der Waals surface area contributed by atoms with E-state index in [0.29, 0.717) is 23.4 Å². The molecule has 0 aliphatic carbocycles. The molecule has 0 aromatic heterocycles. The van der Waals surface area contributed by atoms with Gasteiger partial charge in [-0.05, 0) is 47.5 Å². The van der Waals surface area contributed by atoms with E-state index in [2.05, 4.69) is 5.32 Å². The van der Waals surface area contributed by atoms with Crippen molar-refractivity contribution in [3.05, 3.63) is 76.2 Å². The van der Waals surface area contributed by atoms with Gasteiger partial charge in [0.25, 0.3) is 17.1 Å². The number of amides is 4. The van der Waals surface area contributed by atoms with Crippen LogP contribution in [0.4, 0.5) is 4.79 Å². The van der Waals surface area contributed by atoms with Crippen LogP contribution in [0.25, 0.3) is 6.08 Å². The topological polar surface area (TPSA) is 86.8 Å². The van der Waals surface area contributed by atoms with Gasteiger partial charge < -0.3 is 10.2 Å². The predicted molar refractivity (Wildman–Crippen MR) is 123 cm³/mol. The van der Waals surface area contributed by atoms with E-state index >= 15 is 0 Å². The molecule has 2 aromatic rings. The number of nitrogens with one attached hydrogen (secondary N) is 1. The van der Waals surface area contributed by atoms with Crippen molar-refractivity contribution in [2.24, 2.45) is 0 Å². The summed E-state index contributed by atoms with van der Waals surface area (Å²) in [7, 11) is 0. The van der Waals surface area contributed by atoms with Gasteiger partial charge in [-0.2, -0.15) is 0 Å². The van der Waals surface area contributed by atoms with Crippen LogP contribution in [0.2, 0.25) is 0 Å². The van der Waals surface area contributed by atoms with E-state index in [0.717, 1.165) is 40.8 Å².